The van der Waals surface area contributed by atoms with Crippen LogP contribution in [0.4, 0.5) is 10.8 Å². The predicted molar refractivity (Wildman–Crippen MR) is 94.3 cm³/mol. The second-order valence-electron chi connectivity index (χ2n) is 5.86. The second-order valence-corrected chi connectivity index (χ2v) is 6.69. The van der Waals surface area contributed by atoms with Crippen LogP contribution in [0.1, 0.15) is 18.5 Å². The molecule has 1 fully saturated rings. The SMILES string of the molecule is Cn1ncc2c(NCCc3csc(N4CCCC4)n3)ccnc21. The summed E-state index contributed by atoms with van der Waals surface area (Å²) < 4.78 is 1.79. The molecule has 7 heteroatoms. The molecule has 0 aromatic carbocycles. The second kappa shape index (κ2) is 6.16. The Labute approximate surface area is 139 Å². The minimum Gasteiger partial charge on any atom is -0.384 e. The van der Waals surface area contributed by atoms with Crippen LogP contribution >= 0.6 is 11.3 Å². The van der Waals surface area contributed by atoms with E-state index >= 15 is 0 Å². The largest absolute Gasteiger partial charge is 0.384 e. The quantitative estimate of drug-likeness (QED) is 0.780. The van der Waals surface area contributed by atoms with Crippen LogP contribution in [0.25, 0.3) is 11.0 Å². The molecular weight excluding hydrogens is 308 g/mol. The Bertz CT molecular complexity index is 802. The van der Waals surface area contributed by atoms with Gasteiger partial charge in [-0.25, -0.2) is 9.97 Å². The minimum atomic E-state index is 0.858. The lowest BCUT2D eigenvalue weighted by atomic mass is 10.2. The molecule has 0 unspecified atom stereocenters. The van der Waals surface area contributed by atoms with E-state index in [1.54, 1.807) is 16.0 Å². The van der Waals surface area contributed by atoms with Crippen molar-refractivity contribution in [2.45, 2.75) is 19.3 Å². The number of hydrogen-bond acceptors (Lipinski definition) is 6. The van der Waals surface area contributed by atoms with Crippen molar-refractivity contribution in [2.75, 3.05) is 29.9 Å². The molecule has 0 atom stereocenters. The standard InChI is InChI=1S/C16H20N6S/c1-21-15-13(10-19-21)14(5-7-18-15)17-6-4-12-11-23-16(20-12)22-8-2-3-9-22/h5,7,10-11H,2-4,6,8-9H2,1H3,(H,17,18). The molecule has 1 aliphatic heterocycles. The monoisotopic (exact) mass is 328 g/mol. The number of fused-ring (bicyclic) bond motifs is 1. The number of aryl methyl sites for hydroxylation is 1. The van der Waals surface area contributed by atoms with Crippen LogP contribution < -0.4 is 10.2 Å². The molecule has 0 spiro atoms. The molecule has 1 N–H and O–H groups in total. The zero-order valence-corrected chi connectivity index (χ0v) is 14.0. The summed E-state index contributed by atoms with van der Waals surface area (Å²) >= 11 is 1.76. The van der Waals surface area contributed by atoms with Gasteiger partial charge in [0, 0.05) is 50.4 Å². The first-order valence-corrected chi connectivity index (χ1v) is 8.89. The number of nitrogens with zero attached hydrogens (tertiary/aromatic N) is 5. The molecule has 1 aliphatic rings. The lowest BCUT2D eigenvalue weighted by molar-refractivity contribution is 0.786. The highest BCUT2D eigenvalue weighted by Gasteiger charge is 2.15. The van der Waals surface area contributed by atoms with Gasteiger partial charge in [0.2, 0.25) is 0 Å². The van der Waals surface area contributed by atoms with Gasteiger partial charge in [-0.2, -0.15) is 5.10 Å². The first-order chi connectivity index (χ1) is 11.3. The first-order valence-electron chi connectivity index (χ1n) is 8.01. The van der Waals surface area contributed by atoms with Crippen LogP contribution in [-0.2, 0) is 13.5 Å². The number of rotatable bonds is 5. The van der Waals surface area contributed by atoms with E-state index in [0.29, 0.717) is 0 Å². The van der Waals surface area contributed by atoms with E-state index in [9.17, 15) is 0 Å². The smallest absolute Gasteiger partial charge is 0.185 e. The van der Waals surface area contributed by atoms with Gasteiger partial charge in [0.15, 0.2) is 10.8 Å². The third-order valence-electron chi connectivity index (χ3n) is 4.25. The zero-order chi connectivity index (χ0) is 15.6. The molecule has 4 rings (SSSR count). The number of thiazole rings is 1. The van der Waals surface area contributed by atoms with Crippen molar-refractivity contribution in [1.29, 1.82) is 0 Å². The van der Waals surface area contributed by atoms with E-state index in [0.717, 1.165) is 42.8 Å². The summed E-state index contributed by atoms with van der Waals surface area (Å²) in [5.41, 5.74) is 3.15. The molecule has 3 aromatic rings. The third kappa shape index (κ3) is 2.88. The average molecular weight is 328 g/mol. The van der Waals surface area contributed by atoms with E-state index in [-0.39, 0.29) is 0 Å². The van der Waals surface area contributed by atoms with Gasteiger partial charge >= 0.3 is 0 Å². The predicted octanol–water partition coefficient (Wildman–Crippen LogP) is 2.68. The third-order valence-corrected chi connectivity index (χ3v) is 5.20. The molecule has 0 aliphatic carbocycles. The maximum absolute atomic E-state index is 4.77. The van der Waals surface area contributed by atoms with E-state index < -0.39 is 0 Å². The maximum Gasteiger partial charge on any atom is 0.185 e. The molecule has 6 nitrogen and oxygen atoms in total. The summed E-state index contributed by atoms with van der Waals surface area (Å²) in [4.78, 5) is 11.5. The fourth-order valence-corrected chi connectivity index (χ4v) is 3.90. The molecule has 0 saturated carbocycles. The molecule has 0 radical (unpaired) electrons. The Hall–Kier alpha value is -2.15. The van der Waals surface area contributed by atoms with Gasteiger partial charge in [0.25, 0.3) is 0 Å². The summed E-state index contributed by atoms with van der Waals surface area (Å²) in [6, 6.07) is 2.00. The highest BCUT2D eigenvalue weighted by atomic mass is 32.1. The Morgan fingerprint density at radius 2 is 2.17 bits per heavy atom. The molecule has 4 heterocycles. The zero-order valence-electron chi connectivity index (χ0n) is 13.2. The Morgan fingerprint density at radius 3 is 3.04 bits per heavy atom. The van der Waals surface area contributed by atoms with Crippen LogP contribution in [0.2, 0.25) is 0 Å². The summed E-state index contributed by atoms with van der Waals surface area (Å²) in [5.74, 6) is 0. The van der Waals surface area contributed by atoms with Crippen molar-refractivity contribution < 1.29 is 0 Å². The number of hydrogen-bond donors (Lipinski definition) is 1. The van der Waals surface area contributed by atoms with E-state index in [2.05, 4.69) is 25.7 Å². The normalized spacial score (nSPS) is 14.7. The van der Waals surface area contributed by atoms with Gasteiger partial charge in [-0.15, -0.1) is 11.3 Å². The van der Waals surface area contributed by atoms with Crippen LogP contribution in [0.15, 0.2) is 23.8 Å². The fraction of sp³-hybridized carbons (Fsp3) is 0.438. The van der Waals surface area contributed by atoms with Crippen molar-refractivity contribution in [3.05, 3.63) is 29.5 Å². The first kappa shape index (κ1) is 14.4. The Kier molecular flexibility index (Phi) is 3.87. The van der Waals surface area contributed by atoms with Gasteiger partial charge in [-0.1, -0.05) is 0 Å². The van der Waals surface area contributed by atoms with Crippen molar-refractivity contribution >= 4 is 33.2 Å². The van der Waals surface area contributed by atoms with E-state index in [1.165, 1.54) is 23.7 Å². The number of pyridine rings is 1. The molecular formula is C16H20N6S. The lowest BCUT2D eigenvalue weighted by Crippen LogP contribution is -2.17. The van der Waals surface area contributed by atoms with E-state index in [1.807, 2.05) is 25.5 Å². The summed E-state index contributed by atoms with van der Waals surface area (Å²) in [6.45, 7) is 3.17. The fourth-order valence-electron chi connectivity index (χ4n) is 2.99. The van der Waals surface area contributed by atoms with Crippen molar-refractivity contribution in [2.24, 2.45) is 7.05 Å². The van der Waals surface area contributed by atoms with Crippen LogP contribution in [0.5, 0.6) is 0 Å². The molecule has 23 heavy (non-hydrogen) atoms. The number of anilines is 2. The minimum absolute atomic E-state index is 0.858. The van der Waals surface area contributed by atoms with Crippen LogP contribution in [-0.4, -0.2) is 39.4 Å². The Morgan fingerprint density at radius 1 is 1.30 bits per heavy atom. The van der Waals surface area contributed by atoms with Crippen molar-refractivity contribution in [3.63, 3.8) is 0 Å². The Balaban J connectivity index is 1.39. The maximum atomic E-state index is 4.77. The molecule has 0 bridgehead atoms. The highest BCUT2D eigenvalue weighted by Crippen LogP contribution is 2.25. The summed E-state index contributed by atoms with van der Waals surface area (Å²) in [7, 11) is 1.91. The molecule has 1 saturated heterocycles. The molecule has 120 valence electrons. The number of nitrogens with one attached hydrogen (secondary N) is 1. The van der Waals surface area contributed by atoms with Gasteiger partial charge in [-0.05, 0) is 18.9 Å². The van der Waals surface area contributed by atoms with Gasteiger partial charge in [-0.3, -0.25) is 4.68 Å². The summed E-state index contributed by atoms with van der Waals surface area (Å²) in [6.07, 6.45) is 7.19. The van der Waals surface area contributed by atoms with Gasteiger partial charge in [0.05, 0.1) is 17.3 Å². The number of aromatic nitrogens is 4. The average Bonchev–Trinajstić information content (AvgIpc) is 3.28. The lowest BCUT2D eigenvalue weighted by Gasteiger charge is -2.12. The highest BCUT2D eigenvalue weighted by molar-refractivity contribution is 7.13. The van der Waals surface area contributed by atoms with Crippen molar-refractivity contribution in [1.82, 2.24) is 19.7 Å². The molecule has 0 amide bonds. The van der Waals surface area contributed by atoms with E-state index in [4.69, 9.17) is 4.98 Å². The van der Waals surface area contributed by atoms with Crippen molar-refractivity contribution in [3.8, 4) is 0 Å². The van der Waals surface area contributed by atoms with Crippen LogP contribution in [0, 0.1) is 0 Å². The molecule has 3 aromatic heterocycles. The van der Waals surface area contributed by atoms with Gasteiger partial charge < -0.3 is 10.2 Å². The topological polar surface area (TPSA) is 58.9 Å². The van der Waals surface area contributed by atoms with Crippen LogP contribution in [0.3, 0.4) is 0 Å². The summed E-state index contributed by atoms with van der Waals surface area (Å²) in [5, 5.41) is 12.2. The van der Waals surface area contributed by atoms with Gasteiger partial charge in [0.1, 0.15) is 0 Å².